The van der Waals surface area contributed by atoms with E-state index in [0.29, 0.717) is 0 Å². The van der Waals surface area contributed by atoms with Crippen LogP contribution in [-0.2, 0) is 0 Å². The summed E-state index contributed by atoms with van der Waals surface area (Å²) >= 11 is 0. The van der Waals surface area contributed by atoms with Gasteiger partial charge in [-0.2, -0.15) is 0 Å². The van der Waals surface area contributed by atoms with Gasteiger partial charge in [0.25, 0.3) is 0 Å². The molecule has 1 fully saturated rings. The molecule has 0 atom stereocenters. The van der Waals surface area contributed by atoms with Crippen LogP contribution in [-0.4, -0.2) is 24.5 Å². The van der Waals surface area contributed by atoms with Crippen LogP contribution in [0, 0.1) is 0 Å². The third-order valence-corrected chi connectivity index (χ3v) is 2.96. The zero-order chi connectivity index (χ0) is 10.9. The van der Waals surface area contributed by atoms with Gasteiger partial charge in [0.05, 0.1) is 0 Å². The highest BCUT2D eigenvalue weighted by Crippen LogP contribution is 2.12. The minimum absolute atomic E-state index is 1.12. The maximum absolute atomic E-state index is 4.17. The molecule has 86 valence electrons. The van der Waals surface area contributed by atoms with E-state index in [1.165, 1.54) is 44.3 Å². The summed E-state index contributed by atoms with van der Waals surface area (Å²) in [6, 6.07) is 0. The Bertz CT molecular complexity index is 199. The fourth-order valence-electron chi connectivity index (χ4n) is 2.08. The van der Waals surface area contributed by atoms with E-state index < -0.39 is 0 Å². The first kappa shape index (κ1) is 12.5. The first-order chi connectivity index (χ1) is 7.33. The zero-order valence-corrected chi connectivity index (χ0v) is 10.2. The van der Waals surface area contributed by atoms with Crippen molar-refractivity contribution in [2.75, 3.05) is 19.6 Å². The van der Waals surface area contributed by atoms with Gasteiger partial charge in [-0.25, -0.2) is 0 Å². The molecule has 1 aliphatic heterocycles. The fraction of sp³-hybridized carbons (Fsp3) is 0.714. The van der Waals surface area contributed by atoms with E-state index in [4.69, 9.17) is 0 Å². The van der Waals surface area contributed by atoms with Crippen LogP contribution in [0.1, 0.15) is 45.4 Å². The highest BCUT2D eigenvalue weighted by Gasteiger charge is 2.10. The molecule has 0 amide bonds. The summed E-state index contributed by atoms with van der Waals surface area (Å²) < 4.78 is 0. The molecule has 1 rings (SSSR count). The first-order valence-electron chi connectivity index (χ1n) is 6.37. The van der Waals surface area contributed by atoms with E-state index >= 15 is 0 Å². The van der Waals surface area contributed by atoms with E-state index in [-0.39, 0.29) is 0 Å². The molecular formula is C14H25N. The molecular weight excluding hydrogens is 182 g/mol. The van der Waals surface area contributed by atoms with Gasteiger partial charge in [-0.1, -0.05) is 37.6 Å². The minimum Gasteiger partial charge on any atom is -0.299 e. The van der Waals surface area contributed by atoms with Crippen molar-refractivity contribution in [3.63, 3.8) is 0 Å². The Hall–Kier alpha value is -0.560. The van der Waals surface area contributed by atoms with Crippen molar-refractivity contribution >= 4 is 0 Å². The molecule has 0 aromatic carbocycles. The van der Waals surface area contributed by atoms with Gasteiger partial charge in [-0.05, 0) is 45.2 Å². The van der Waals surface area contributed by atoms with Crippen LogP contribution in [0.5, 0.6) is 0 Å². The van der Waals surface area contributed by atoms with Gasteiger partial charge in [0.2, 0.25) is 0 Å². The van der Waals surface area contributed by atoms with Gasteiger partial charge in [0.1, 0.15) is 0 Å². The summed E-state index contributed by atoms with van der Waals surface area (Å²) in [4.78, 5) is 2.55. The van der Waals surface area contributed by atoms with Crippen LogP contribution in [0.15, 0.2) is 24.3 Å². The van der Waals surface area contributed by atoms with Crippen LogP contribution < -0.4 is 0 Å². The van der Waals surface area contributed by atoms with Crippen molar-refractivity contribution in [1.82, 2.24) is 4.90 Å². The topological polar surface area (TPSA) is 3.24 Å². The van der Waals surface area contributed by atoms with Crippen molar-refractivity contribution in [2.24, 2.45) is 0 Å². The Morgan fingerprint density at radius 3 is 2.60 bits per heavy atom. The molecule has 0 aromatic rings. The molecule has 0 radical (unpaired) electrons. The smallest absolute Gasteiger partial charge is 0.0190 e. The Kier molecular flexibility index (Phi) is 6.42. The van der Waals surface area contributed by atoms with E-state index in [9.17, 15) is 0 Å². The maximum atomic E-state index is 4.17. The Labute approximate surface area is 94.9 Å². The van der Waals surface area contributed by atoms with Crippen molar-refractivity contribution in [3.05, 3.63) is 24.3 Å². The van der Waals surface area contributed by atoms with Gasteiger partial charge in [-0.3, -0.25) is 4.90 Å². The van der Waals surface area contributed by atoms with E-state index in [0.717, 1.165) is 19.4 Å². The molecule has 0 spiro atoms. The van der Waals surface area contributed by atoms with Crippen LogP contribution in [0.4, 0.5) is 0 Å². The monoisotopic (exact) mass is 207 g/mol. The number of likely N-dealkylation sites (tertiary alicyclic amines) is 1. The SMILES string of the molecule is C=C(CC/C=C\CC)CN1CCCCC1. The summed E-state index contributed by atoms with van der Waals surface area (Å²) in [5.74, 6) is 0. The summed E-state index contributed by atoms with van der Waals surface area (Å²) in [5.41, 5.74) is 1.40. The zero-order valence-electron chi connectivity index (χ0n) is 10.2. The molecule has 0 N–H and O–H groups in total. The van der Waals surface area contributed by atoms with Crippen molar-refractivity contribution in [1.29, 1.82) is 0 Å². The van der Waals surface area contributed by atoms with Gasteiger partial charge >= 0.3 is 0 Å². The number of nitrogens with zero attached hydrogens (tertiary/aromatic N) is 1. The van der Waals surface area contributed by atoms with Gasteiger partial charge in [-0.15, -0.1) is 0 Å². The largest absolute Gasteiger partial charge is 0.299 e. The molecule has 1 aliphatic rings. The molecule has 1 heterocycles. The predicted molar refractivity (Wildman–Crippen MR) is 68.1 cm³/mol. The Morgan fingerprint density at radius 1 is 1.20 bits per heavy atom. The molecule has 0 aliphatic carbocycles. The van der Waals surface area contributed by atoms with Crippen LogP contribution >= 0.6 is 0 Å². The summed E-state index contributed by atoms with van der Waals surface area (Å²) in [5, 5.41) is 0. The first-order valence-corrected chi connectivity index (χ1v) is 6.37. The molecule has 0 aromatic heterocycles. The van der Waals surface area contributed by atoms with E-state index in [1.54, 1.807) is 0 Å². The average Bonchev–Trinajstić information content (AvgIpc) is 2.26. The third-order valence-electron chi connectivity index (χ3n) is 2.96. The fourth-order valence-corrected chi connectivity index (χ4v) is 2.08. The molecule has 0 bridgehead atoms. The number of hydrogen-bond acceptors (Lipinski definition) is 1. The summed E-state index contributed by atoms with van der Waals surface area (Å²) in [6.45, 7) is 10.0. The van der Waals surface area contributed by atoms with E-state index in [2.05, 4.69) is 30.6 Å². The number of hydrogen-bond donors (Lipinski definition) is 0. The highest BCUT2D eigenvalue weighted by molar-refractivity contribution is 5.00. The lowest BCUT2D eigenvalue weighted by Gasteiger charge is -2.27. The lowest BCUT2D eigenvalue weighted by atomic mass is 10.1. The van der Waals surface area contributed by atoms with Gasteiger partial charge < -0.3 is 0 Å². The van der Waals surface area contributed by atoms with Gasteiger partial charge in [0, 0.05) is 6.54 Å². The Balaban J connectivity index is 2.09. The lowest BCUT2D eigenvalue weighted by molar-refractivity contribution is 0.245. The second-order valence-electron chi connectivity index (χ2n) is 4.51. The Morgan fingerprint density at radius 2 is 1.93 bits per heavy atom. The van der Waals surface area contributed by atoms with Crippen LogP contribution in [0.2, 0.25) is 0 Å². The molecule has 0 saturated carbocycles. The number of rotatable bonds is 6. The summed E-state index contributed by atoms with van der Waals surface area (Å²) in [6.07, 6.45) is 12.2. The van der Waals surface area contributed by atoms with E-state index in [1.807, 2.05) is 0 Å². The van der Waals surface area contributed by atoms with Crippen molar-refractivity contribution < 1.29 is 0 Å². The molecule has 0 unspecified atom stereocenters. The number of allylic oxidation sites excluding steroid dienone is 2. The molecule has 1 nitrogen and oxygen atoms in total. The predicted octanol–water partition coefficient (Wildman–Crippen LogP) is 3.77. The third kappa shape index (κ3) is 5.78. The second kappa shape index (κ2) is 7.70. The standard InChI is InChI=1S/C14H25N/c1-3-4-5-7-10-14(2)13-15-11-8-6-9-12-15/h4-5H,2-3,6-13H2,1H3/b5-4-. The molecule has 1 saturated heterocycles. The maximum Gasteiger partial charge on any atom is 0.0190 e. The number of piperidine rings is 1. The summed E-state index contributed by atoms with van der Waals surface area (Å²) in [7, 11) is 0. The normalized spacial score (nSPS) is 18.5. The van der Waals surface area contributed by atoms with Crippen molar-refractivity contribution in [3.8, 4) is 0 Å². The highest BCUT2D eigenvalue weighted by atomic mass is 15.1. The minimum atomic E-state index is 1.12. The van der Waals surface area contributed by atoms with Gasteiger partial charge in [0.15, 0.2) is 0 Å². The molecule has 15 heavy (non-hydrogen) atoms. The van der Waals surface area contributed by atoms with Crippen LogP contribution in [0.25, 0.3) is 0 Å². The quantitative estimate of drug-likeness (QED) is 0.599. The molecule has 1 heteroatoms. The second-order valence-corrected chi connectivity index (χ2v) is 4.51. The van der Waals surface area contributed by atoms with Crippen molar-refractivity contribution in [2.45, 2.75) is 45.4 Å². The average molecular weight is 207 g/mol. The lowest BCUT2D eigenvalue weighted by Crippen LogP contribution is -2.31. The van der Waals surface area contributed by atoms with Crippen LogP contribution in [0.3, 0.4) is 0 Å².